The molecule has 308 valence electrons. The molecule has 0 N–H and O–H groups in total. The Hall–Kier alpha value is -1.99. The molecule has 1 heterocycles. The normalized spacial score (nSPS) is 12.4. The molecule has 0 aromatic heterocycles. The van der Waals surface area contributed by atoms with Gasteiger partial charge in [0, 0.05) is 22.3 Å². The first-order chi connectivity index (χ1) is 25.8. The Morgan fingerprint density at radius 1 is 0.407 bits per heavy atom. The fraction of sp³-hybridized carbons (Fsp3) is 0.647. The molecule has 1 aliphatic rings. The zero-order chi connectivity index (χ0) is 39.6. The third-order valence-electron chi connectivity index (χ3n) is 10.4. The molecule has 2 nitrogen and oxygen atoms in total. The van der Waals surface area contributed by atoms with Crippen molar-refractivity contribution in [2.45, 2.75) is 217 Å². The van der Waals surface area contributed by atoms with Gasteiger partial charge in [-0.3, -0.25) is 0 Å². The number of hydrogen-bond acceptors (Lipinski definition) is 0. The second kappa shape index (κ2) is 31.1. The van der Waals surface area contributed by atoms with Crippen molar-refractivity contribution in [2.24, 2.45) is 0 Å². The van der Waals surface area contributed by atoms with Crippen molar-refractivity contribution < 1.29 is 21.2 Å². The largest absolute Gasteiger partial charge is 2.00 e. The maximum Gasteiger partial charge on any atom is 2.00 e. The van der Waals surface area contributed by atoms with Gasteiger partial charge in [-0.05, 0) is 122 Å². The fourth-order valence-corrected chi connectivity index (χ4v) is 7.67. The molecule has 0 aliphatic carbocycles. The van der Waals surface area contributed by atoms with E-state index in [1.54, 1.807) is 15.8 Å². The first-order valence-corrected chi connectivity index (χ1v) is 22.6. The van der Waals surface area contributed by atoms with Gasteiger partial charge in [0.25, 0.3) is 0 Å². The minimum Gasteiger partial charge on any atom is -0.493 e. The summed E-state index contributed by atoms with van der Waals surface area (Å²) >= 11 is 0. The number of benzene rings is 2. The summed E-state index contributed by atoms with van der Waals surface area (Å²) in [6.45, 7) is 29.9. The standard InChI is InChI=1S/C43H66N2.2C4H9.Ni/c1-9-17-19-27-41-40(26-18-10-2)42(36-28-32(20-11-3)38(24-15-7)33(29-36)21-12-4)45(44)43(41)37-30-34(22-13-5)39(25-16-8)35(31-37)23-14-6;2*1-3-4-2;/h28-31H,9-27H2,1-8H3;2*1,3-4H2,2H3;/q;2*-1;+2. The van der Waals surface area contributed by atoms with Gasteiger partial charge in [0.05, 0.1) is 0 Å². The van der Waals surface area contributed by atoms with Gasteiger partial charge in [-0.1, -0.05) is 140 Å². The van der Waals surface area contributed by atoms with E-state index in [1.165, 1.54) is 89.5 Å². The molecule has 54 heavy (non-hydrogen) atoms. The van der Waals surface area contributed by atoms with Crippen LogP contribution in [0.5, 0.6) is 0 Å². The number of nitrogens with zero attached hydrogens (tertiary/aromatic N) is 2. The van der Waals surface area contributed by atoms with Crippen LogP contribution in [0, 0.1) is 13.8 Å². The molecule has 1 aliphatic heterocycles. The van der Waals surface area contributed by atoms with E-state index in [-0.39, 0.29) is 16.5 Å². The van der Waals surface area contributed by atoms with Gasteiger partial charge in [-0.25, -0.2) is 4.70 Å². The average molecular weight is 784 g/mol. The summed E-state index contributed by atoms with van der Waals surface area (Å²) in [5.74, 6) is 0. The summed E-state index contributed by atoms with van der Waals surface area (Å²) in [7, 11) is 0. The summed E-state index contributed by atoms with van der Waals surface area (Å²) in [5, 5.41) is 0. The van der Waals surface area contributed by atoms with Crippen molar-refractivity contribution in [1.82, 2.24) is 0 Å². The van der Waals surface area contributed by atoms with E-state index in [0.29, 0.717) is 0 Å². The van der Waals surface area contributed by atoms with Crippen molar-refractivity contribution in [3.63, 3.8) is 0 Å². The molecule has 0 spiro atoms. The molecule has 0 atom stereocenters. The molecule has 0 bridgehead atoms. The van der Waals surface area contributed by atoms with Crippen LogP contribution in [0.2, 0.25) is 0 Å². The predicted molar refractivity (Wildman–Crippen MR) is 239 cm³/mol. The van der Waals surface area contributed by atoms with E-state index in [0.717, 1.165) is 114 Å². The Kier molecular flexibility index (Phi) is 30.0. The van der Waals surface area contributed by atoms with Crippen LogP contribution in [0.4, 0.5) is 0 Å². The van der Waals surface area contributed by atoms with Crippen LogP contribution in [0.25, 0.3) is 16.9 Å². The summed E-state index contributed by atoms with van der Waals surface area (Å²) in [4.78, 5) is 0. The maximum absolute atomic E-state index is 12.5. The monoisotopic (exact) mass is 783 g/mol. The van der Waals surface area contributed by atoms with Gasteiger partial charge in [0.1, 0.15) is 0 Å². The predicted octanol–water partition coefficient (Wildman–Crippen LogP) is 16.6. The number of aryl methyl sites for hydroxylation is 4. The molecule has 2 aromatic carbocycles. The van der Waals surface area contributed by atoms with Crippen LogP contribution in [0.1, 0.15) is 223 Å². The van der Waals surface area contributed by atoms with E-state index in [2.05, 4.69) is 107 Å². The van der Waals surface area contributed by atoms with E-state index in [9.17, 15) is 5.53 Å². The Morgan fingerprint density at radius 3 is 0.963 bits per heavy atom. The number of allylic oxidation sites excluding steroid dienone is 2. The van der Waals surface area contributed by atoms with Crippen molar-refractivity contribution in [1.29, 1.82) is 0 Å². The van der Waals surface area contributed by atoms with Gasteiger partial charge < -0.3 is 19.4 Å². The smallest absolute Gasteiger partial charge is 0.493 e. The third-order valence-corrected chi connectivity index (χ3v) is 10.4. The van der Waals surface area contributed by atoms with Crippen LogP contribution in [0.3, 0.4) is 0 Å². The van der Waals surface area contributed by atoms with Crippen LogP contribution in [-0.2, 0) is 55.0 Å². The zero-order valence-electron chi connectivity index (χ0n) is 37.2. The van der Waals surface area contributed by atoms with E-state index >= 15 is 0 Å². The molecular weight excluding hydrogens is 699 g/mol. The van der Waals surface area contributed by atoms with Crippen molar-refractivity contribution >= 4 is 11.4 Å². The van der Waals surface area contributed by atoms with Crippen molar-refractivity contribution in [2.75, 3.05) is 0 Å². The molecular formula is C51H84N2Ni. The quantitative estimate of drug-likeness (QED) is 0.0464. The summed E-state index contributed by atoms with van der Waals surface area (Å²) in [6, 6.07) is 9.84. The molecule has 0 fully saturated rings. The van der Waals surface area contributed by atoms with Crippen LogP contribution in [0.15, 0.2) is 35.4 Å². The first-order valence-electron chi connectivity index (χ1n) is 22.6. The van der Waals surface area contributed by atoms with E-state index in [1.807, 2.05) is 0 Å². The molecule has 0 amide bonds. The molecule has 2 aromatic rings. The SMILES string of the molecule is CCCCCC1=C(c2cc(CCC)c(CCC)c(CCC)c2)[N+](=[N-])C(c2cc(CCC)c(CCC)c(CCC)c2)=C1CCCC.[CH2-]CCC.[CH2-]CCC.[Ni+2]. The number of hydrogen-bond donors (Lipinski definition) is 0. The first kappa shape index (κ1) is 52.0. The van der Waals surface area contributed by atoms with Gasteiger partial charge >= 0.3 is 16.5 Å². The minimum atomic E-state index is 0. The second-order valence-corrected chi connectivity index (χ2v) is 15.3. The number of unbranched alkanes of at least 4 members (excludes halogenated alkanes) is 5. The summed E-state index contributed by atoms with van der Waals surface area (Å²) in [6.07, 6.45) is 26.1. The average Bonchev–Trinajstić information content (AvgIpc) is 3.43. The van der Waals surface area contributed by atoms with Crippen molar-refractivity contribution in [3.8, 4) is 0 Å². The Labute approximate surface area is 347 Å². The van der Waals surface area contributed by atoms with E-state index < -0.39 is 0 Å². The maximum atomic E-state index is 12.5. The van der Waals surface area contributed by atoms with Crippen LogP contribution in [-0.4, -0.2) is 4.70 Å². The van der Waals surface area contributed by atoms with E-state index in [4.69, 9.17) is 0 Å². The van der Waals surface area contributed by atoms with Crippen LogP contribution >= 0.6 is 0 Å². The Bertz CT molecular complexity index is 1330. The van der Waals surface area contributed by atoms with Crippen LogP contribution < -0.4 is 0 Å². The zero-order valence-corrected chi connectivity index (χ0v) is 38.2. The Morgan fingerprint density at radius 2 is 0.704 bits per heavy atom. The topological polar surface area (TPSA) is 25.3 Å². The number of rotatable bonds is 23. The molecule has 0 unspecified atom stereocenters. The fourth-order valence-electron chi connectivity index (χ4n) is 7.67. The van der Waals surface area contributed by atoms with Gasteiger partial charge in [0.15, 0.2) is 0 Å². The molecule has 0 radical (unpaired) electrons. The molecule has 3 heteroatoms. The molecule has 3 rings (SSSR count). The van der Waals surface area contributed by atoms with Gasteiger partial charge in [0.2, 0.25) is 11.4 Å². The Balaban J connectivity index is 0.00000283. The molecule has 0 saturated heterocycles. The summed E-state index contributed by atoms with van der Waals surface area (Å²) in [5.41, 5.74) is 29.0. The van der Waals surface area contributed by atoms with Crippen molar-refractivity contribution in [3.05, 3.63) is 99.3 Å². The van der Waals surface area contributed by atoms with Gasteiger partial charge in [-0.2, -0.15) is 12.8 Å². The third kappa shape index (κ3) is 15.9. The minimum absolute atomic E-state index is 0. The van der Waals surface area contributed by atoms with Gasteiger partial charge in [-0.15, -0.1) is 0 Å². The summed E-state index contributed by atoms with van der Waals surface area (Å²) < 4.78 is 1.66. The second-order valence-electron chi connectivity index (χ2n) is 15.3. The molecule has 0 saturated carbocycles.